The Bertz CT molecular complexity index is 990. The van der Waals surface area contributed by atoms with Gasteiger partial charge in [-0.2, -0.15) is 0 Å². The molecule has 0 spiro atoms. The molecule has 1 unspecified atom stereocenters. The molecule has 0 amide bonds. The molecular formula is C16H14BrCl2FN2O3S2. The van der Waals surface area contributed by atoms with Crippen LogP contribution in [-0.2, 0) is 14.8 Å². The first kappa shape index (κ1) is 22.4. The van der Waals surface area contributed by atoms with Crippen LogP contribution in [0.4, 0.5) is 10.1 Å². The van der Waals surface area contributed by atoms with Crippen molar-refractivity contribution in [3.05, 3.63) is 58.9 Å². The van der Waals surface area contributed by atoms with Gasteiger partial charge < -0.3 is 10.0 Å². The lowest BCUT2D eigenvalue weighted by Gasteiger charge is -2.31. The zero-order valence-electron chi connectivity index (χ0n) is 13.8. The minimum atomic E-state index is -4.06. The molecule has 2 aromatic carbocycles. The van der Waals surface area contributed by atoms with Crippen molar-refractivity contribution in [1.29, 1.82) is 0 Å². The number of nitrogens with zero attached hydrogens (tertiary/aromatic N) is 2. The molecule has 1 aliphatic heterocycles. The lowest BCUT2D eigenvalue weighted by molar-refractivity contribution is -0.0349. The van der Waals surface area contributed by atoms with Crippen LogP contribution in [0.3, 0.4) is 0 Å². The van der Waals surface area contributed by atoms with Crippen molar-refractivity contribution in [2.45, 2.75) is 10.6 Å². The smallest absolute Gasteiger partial charge is 0.262 e. The number of halogens is 4. The summed E-state index contributed by atoms with van der Waals surface area (Å²) in [6.07, 6.45) is 0. The van der Waals surface area contributed by atoms with Gasteiger partial charge in [0.05, 0.1) is 16.5 Å². The summed E-state index contributed by atoms with van der Waals surface area (Å²) in [4.78, 5) is 5.65. The number of aliphatic imine (C=N–C) groups is 1. The average Bonchev–Trinajstić information content (AvgIpc) is 2.86. The van der Waals surface area contributed by atoms with Crippen LogP contribution in [0, 0.1) is 5.82 Å². The Labute approximate surface area is 180 Å². The Hall–Kier alpha value is -0.840. The van der Waals surface area contributed by atoms with Gasteiger partial charge in [0.15, 0.2) is 10.9 Å². The van der Waals surface area contributed by atoms with Crippen LogP contribution in [0.5, 0.6) is 0 Å². The Morgan fingerprint density at radius 2 is 1.89 bits per heavy atom. The van der Waals surface area contributed by atoms with Gasteiger partial charge in [-0.05, 0) is 36.4 Å². The van der Waals surface area contributed by atoms with E-state index < -0.39 is 14.8 Å². The molecule has 11 heteroatoms. The van der Waals surface area contributed by atoms with E-state index in [4.69, 9.17) is 22.3 Å². The molecule has 1 N–H and O–H groups in total. The molecule has 5 nitrogen and oxygen atoms in total. The largest absolute Gasteiger partial charge is 0.366 e. The molecule has 3 rings (SSSR count). The second kappa shape index (κ2) is 8.26. The number of aliphatic hydroxyl groups is 1. The van der Waals surface area contributed by atoms with Gasteiger partial charge in [0.2, 0.25) is 0 Å². The van der Waals surface area contributed by atoms with Crippen molar-refractivity contribution in [3.63, 3.8) is 0 Å². The Kier molecular flexibility index (Phi) is 6.87. The van der Waals surface area contributed by atoms with Gasteiger partial charge in [-0.3, -0.25) is 0 Å². The normalized spacial score (nSPS) is 21.4. The zero-order chi connectivity index (χ0) is 19.1. The van der Waals surface area contributed by atoms with Crippen LogP contribution < -0.4 is 0 Å². The fraction of sp³-hybridized carbons (Fsp3) is 0.188. The summed E-state index contributed by atoms with van der Waals surface area (Å²) < 4.78 is 36.3. The molecule has 27 heavy (non-hydrogen) atoms. The zero-order valence-corrected chi connectivity index (χ0v) is 18.6. The fourth-order valence-electron chi connectivity index (χ4n) is 2.47. The predicted octanol–water partition coefficient (Wildman–Crippen LogP) is 4.50. The van der Waals surface area contributed by atoms with E-state index in [0.717, 1.165) is 0 Å². The van der Waals surface area contributed by atoms with Crippen molar-refractivity contribution >= 4 is 70.9 Å². The van der Waals surface area contributed by atoms with E-state index in [1.807, 2.05) is 0 Å². The average molecular weight is 516 g/mol. The van der Waals surface area contributed by atoms with Crippen LogP contribution in [0.1, 0.15) is 5.56 Å². The molecule has 1 aliphatic rings. The highest BCUT2D eigenvalue weighted by molar-refractivity contribution is 8.93. The van der Waals surface area contributed by atoms with Crippen LogP contribution in [0.2, 0.25) is 5.02 Å². The maximum Gasteiger partial charge on any atom is 0.262 e. The summed E-state index contributed by atoms with van der Waals surface area (Å²) in [5.41, 5.74) is -0.643. The monoisotopic (exact) mass is 514 g/mol. The highest BCUT2D eigenvalue weighted by Crippen LogP contribution is 2.40. The van der Waals surface area contributed by atoms with Crippen molar-refractivity contribution in [2.24, 2.45) is 4.99 Å². The molecule has 2 aromatic rings. The highest BCUT2D eigenvalue weighted by Gasteiger charge is 2.43. The Morgan fingerprint density at radius 1 is 1.26 bits per heavy atom. The minimum absolute atomic E-state index is 0. The van der Waals surface area contributed by atoms with Crippen molar-refractivity contribution in [2.75, 3.05) is 12.8 Å². The first-order valence-electron chi connectivity index (χ1n) is 7.29. The number of hydrogen-bond acceptors (Lipinski definition) is 5. The highest BCUT2D eigenvalue weighted by atomic mass is 79.9. The van der Waals surface area contributed by atoms with Crippen molar-refractivity contribution in [3.8, 4) is 0 Å². The Balaban J connectivity index is 0.00000261. The second-order valence-electron chi connectivity index (χ2n) is 5.62. The maximum absolute atomic E-state index is 13.0. The molecule has 1 saturated heterocycles. The SMILES string of the molecule is Br.CN1C(=Nc2ccc(F)cc2)SCC1(O)c1ccc(Cl)c(S(=O)(=O)Cl)c1. The first-order chi connectivity index (χ1) is 12.1. The summed E-state index contributed by atoms with van der Waals surface area (Å²) in [6.45, 7) is 0. The summed E-state index contributed by atoms with van der Waals surface area (Å²) >= 11 is 7.19. The molecule has 0 saturated carbocycles. The van der Waals surface area contributed by atoms with Crippen molar-refractivity contribution in [1.82, 2.24) is 4.90 Å². The molecular weight excluding hydrogens is 502 g/mol. The van der Waals surface area contributed by atoms with E-state index >= 15 is 0 Å². The molecule has 1 atom stereocenters. The summed E-state index contributed by atoms with van der Waals surface area (Å²) in [5, 5.41) is 11.6. The number of rotatable bonds is 3. The third-order valence-electron chi connectivity index (χ3n) is 3.95. The summed E-state index contributed by atoms with van der Waals surface area (Å²) in [7, 11) is 2.98. The topological polar surface area (TPSA) is 70.0 Å². The molecule has 0 aliphatic carbocycles. The molecule has 1 fully saturated rings. The standard InChI is InChI=1S/C16H13Cl2FN2O3S2.BrH/c1-21-15(20-12-5-3-11(19)4-6-12)25-9-16(21,22)10-2-7-13(17)14(8-10)26(18,23)24;/h2-8,22H,9H2,1H3;1H. The van der Waals surface area contributed by atoms with Gasteiger partial charge in [-0.15, -0.1) is 17.0 Å². The van der Waals surface area contributed by atoms with E-state index in [2.05, 4.69) is 4.99 Å². The third-order valence-corrected chi connectivity index (χ3v) is 6.93. The summed E-state index contributed by atoms with van der Waals surface area (Å²) in [6, 6.07) is 9.79. The van der Waals surface area contributed by atoms with E-state index in [9.17, 15) is 17.9 Å². The van der Waals surface area contributed by atoms with Crippen LogP contribution in [0.25, 0.3) is 0 Å². The molecule has 0 aromatic heterocycles. The number of hydrogen-bond donors (Lipinski definition) is 1. The van der Waals surface area contributed by atoms with Crippen molar-refractivity contribution < 1.29 is 17.9 Å². The second-order valence-corrected chi connectivity index (χ2v) is 9.50. The predicted molar refractivity (Wildman–Crippen MR) is 112 cm³/mol. The van der Waals surface area contributed by atoms with Gasteiger partial charge in [-0.1, -0.05) is 29.4 Å². The lowest BCUT2D eigenvalue weighted by atomic mass is 10.0. The first-order valence-corrected chi connectivity index (χ1v) is 11.0. The number of amidine groups is 1. The van der Waals surface area contributed by atoms with Gasteiger partial charge in [-0.25, -0.2) is 17.8 Å². The minimum Gasteiger partial charge on any atom is -0.366 e. The molecule has 0 bridgehead atoms. The van der Waals surface area contributed by atoms with Gasteiger partial charge in [0, 0.05) is 23.3 Å². The van der Waals surface area contributed by atoms with Gasteiger partial charge in [0.1, 0.15) is 10.7 Å². The van der Waals surface area contributed by atoms with Gasteiger partial charge >= 0.3 is 0 Å². The van der Waals surface area contributed by atoms with E-state index in [0.29, 0.717) is 16.4 Å². The van der Waals surface area contributed by atoms with E-state index in [1.165, 1.54) is 59.1 Å². The quantitative estimate of drug-likeness (QED) is 0.609. The van der Waals surface area contributed by atoms with E-state index in [-0.39, 0.29) is 38.5 Å². The molecule has 1 heterocycles. The van der Waals surface area contributed by atoms with E-state index in [1.54, 1.807) is 7.05 Å². The third kappa shape index (κ3) is 4.60. The lowest BCUT2D eigenvalue weighted by Crippen LogP contribution is -2.42. The summed E-state index contributed by atoms with van der Waals surface area (Å²) in [5.74, 6) is -0.152. The maximum atomic E-state index is 13.0. The molecule has 146 valence electrons. The number of benzene rings is 2. The fourth-order valence-corrected chi connectivity index (χ4v) is 5.16. The van der Waals surface area contributed by atoms with Gasteiger partial charge in [0.25, 0.3) is 9.05 Å². The van der Waals surface area contributed by atoms with Crippen LogP contribution in [-0.4, -0.2) is 36.4 Å². The number of thioether (sulfide) groups is 1. The van der Waals surface area contributed by atoms with Crippen LogP contribution >= 0.6 is 51.0 Å². The molecule has 0 radical (unpaired) electrons. The Morgan fingerprint density at radius 3 is 2.48 bits per heavy atom. The van der Waals surface area contributed by atoms with Crippen LogP contribution in [0.15, 0.2) is 52.4 Å².